The molecule has 0 saturated heterocycles. The summed E-state index contributed by atoms with van der Waals surface area (Å²) in [6.45, 7) is 5.93. The molecule has 1 heterocycles. The van der Waals surface area contributed by atoms with Crippen LogP contribution >= 0.6 is 0 Å². The van der Waals surface area contributed by atoms with Crippen LogP contribution in [0.2, 0.25) is 0 Å². The number of ether oxygens (including phenoxy) is 2. The van der Waals surface area contributed by atoms with Gasteiger partial charge in [-0.3, -0.25) is 14.4 Å². The number of amides is 1. The number of fused-ring (bicyclic) bond motifs is 2. The maximum Gasteiger partial charge on any atom is 0.406 e. The molecule has 54 heavy (non-hydrogen) atoms. The summed E-state index contributed by atoms with van der Waals surface area (Å²) in [4.78, 5) is 49.5. The number of carbonyl (C=O) groups excluding carboxylic acids is 3. The zero-order valence-electron chi connectivity index (χ0n) is 34.2. The van der Waals surface area contributed by atoms with E-state index >= 15 is 0 Å². The third-order valence-electron chi connectivity index (χ3n) is 12.3. The average Bonchev–Trinajstić information content (AvgIpc) is 3.66. The first-order valence-electron chi connectivity index (χ1n) is 21.8. The molecule has 1 unspecified atom stereocenters. The number of aliphatic carboxylic acids is 1. The molecule has 1 aromatic heterocycles. The van der Waals surface area contributed by atoms with E-state index < -0.39 is 11.4 Å². The van der Waals surface area contributed by atoms with Gasteiger partial charge in [-0.1, -0.05) is 115 Å². The summed E-state index contributed by atoms with van der Waals surface area (Å²) in [7, 11) is 1.58. The molecule has 3 rings (SSSR count). The van der Waals surface area contributed by atoms with Crippen molar-refractivity contribution in [3.05, 3.63) is 11.4 Å². The summed E-state index contributed by atoms with van der Waals surface area (Å²) in [5, 5.41) is 20.3. The minimum Gasteiger partial charge on any atom is -0.481 e. The van der Waals surface area contributed by atoms with Crippen molar-refractivity contribution in [1.29, 1.82) is 0 Å². The van der Waals surface area contributed by atoms with Crippen LogP contribution in [0, 0.1) is 23.2 Å². The normalized spacial score (nSPS) is 18.8. The van der Waals surface area contributed by atoms with E-state index in [9.17, 15) is 19.2 Å². The lowest BCUT2D eigenvalue weighted by Gasteiger charge is -2.30. The highest BCUT2D eigenvalue weighted by Crippen LogP contribution is 2.53. The van der Waals surface area contributed by atoms with E-state index in [1.165, 1.54) is 50.6 Å². The lowest BCUT2D eigenvalue weighted by Crippen LogP contribution is -2.38. The second-order valence-corrected chi connectivity index (χ2v) is 16.2. The Hall–Kier alpha value is -2.82. The van der Waals surface area contributed by atoms with Gasteiger partial charge in [-0.05, 0) is 76.0 Å². The maximum atomic E-state index is 13.9. The maximum absolute atomic E-state index is 13.9. The van der Waals surface area contributed by atoms with E-state index in [1.807, 2.05) is 4.68 Å². The van der Waals surface area contributed by atoms with Crippen molar-refractivity contribution in [3.63, 3.8) is 0 Å². The van der Waals surface area contributed by atoms with Gasteiger partial charge in [0.25, 0.3) is 0 Å². The molecule has 2 N–H and O–H groups in total. The third-order valence-corrected chi connectivity index (χ3v) is 12.3. The fourth-order valence-electron chi connectivity index (χ4n) is 8.78. The molecule has 0 aliphatic heterocycles. The smallest absolute Gasteiger partial charge is 0.406 e. The lowest BCUT2D eigenvalue weighted by atomic mass is 9.70. The number of Topliss-reactive ketones (excluding diaryl/α,β-unsaturated/α-hetero) is 2. The molecular formula is C43H74N4O7. The van der Waals surface area contributed by atoms with Gasteiger partial charge >= 0.3 is 12.1 Å². The van der Waals surface area contributed by atoms with Gasteiger partial charge in [0.05, 0.1) is 36.6 Å². The zero-order chi connectivity index (χ0) is 39.0. The highest BCUT2D eigenvalue weighted by molar-refractivity contribution is 6.06. The van der Waals surface area contributed by atoms with Gasteiger partial charge in [0.1, 0.15) is 11.6 Å². The topological polar surface area (TPSA) is 150 Å². The number of ketones is 2. The predicted octanol–water partition coefficient (Wildman–Crippen LogP) is 9.22. The SMILES string of the molecule is CCCCCCCCCCCC(CCCCCCCCCCC(=O)O)(C(C)=O)C(=O)CCCOCCn1nnc2c1CC[C@H]1[C@@H](CC2)[C@H]1COC(=O)NC. The van der Waals surface area contributed by atoms with Crippen molar-refractivity contribution in [2.45, 2.75) is 187 Å². The minimum absolute atomic E-state index is 0.0249. The van der Waals surface area contributed by atoms with Gasteiger partial charge in [-0.2, -0.15) is 0 Å². The van der Waals surface area contributed by atoms with Crippen molar-refractivity contribution < 1.29 is 33.8 Å². The molecule has 11 heteroatoms. The second-order valence-electron chi connectivity index (χ2n) is 16.2. The van der Waals surface area contributed by atoms with Gasteiger partial charge in [0.15, 0.2) is 0 Å². The Morgan fingerprint density at radius 1 is 0.778 bits per heavy atom. The predicted molar refractivity (Wildman–Crippen MR) is 211 cm³/mol. The van der Waals surface area contributed by atoms with Gasteiger partial charge < -0.3 is 19.9 Å². The molecule has 2 aliphatic rings. The summed E-state index contributed by atoms with van der Waals surface area (Å²) in [6, 6.07) is 0. The lowest BCUT2D eigenvalue weighted by molar-refractivity contribution is -0.141. The van der Waals surface area contributed by atoms with Crippen LogP contribution in [-0.4, -0.2) is 70.6 Å². The summed E-state index contributed by atoms with van der Waals surface area (Å²) < 4.78 is 13.3. The van der Waals surface area contributed by atoms with Crippen molar-refractivity contribution in [1.82, 2.24) is 20.3 Å². The van der Waals surface area contributed by atoms with Crippen LogP contribution in [0.3, 0.4) is 0 Å². The number of rotatable bonds is 32. The quantitative estimate of drug-likeness (QED) is 0.0542. The first-order valence-corrected chi connectivity index (χ1v) is 21.8. The summed E-state index contributed by atoms with van der Waals surface area (Å²) in [6.07, 6.45) is 24.8. The van der Waals surface area contributed by atoms with Gasteiger partial charge in [-0.15, -0.1) is 5.10 Å². The highest BCUT2D eigenvalue weighted by atomic mass is 16.5. The van der Waals surface area contributed by atoms with E-state index in [-0.39, 0.29) is 24.1 Å². The molecule has 1 saturated carbocycles. The van der Waals surface area contributed by atoms with E-state index in [0.717, 1.165) is 95.6 Å². The van der Waals surface area contributed by atoms with Crippen LogP contribution in [0.4, 0.5) is 4.79 Å². The van der Waals surface area contributed by atoms with Crippen LogP contribution in [0.25, 0.3) is 0 Å². The largest absolute Gasteiger partial charge is 0.481 e. The molecule has 1 fully saturated rings. The molecular weight excluding hydrogens is 684 g/mol. The molecule has 0 aromatic carbocycles. The fraction of sp³-hybridized carbons (Fsp3) is 0.860. The first kappa shape index (κ1) is 45.6. The number of hydrogen-bond donors (Lipinski definition) is 2. The molecule has 4 atom stereocenters. The summed E-state index contributed by atoms with van der Waals surface area (Å²) >= 11 is 0. The Balaban J connectivity index is 1.41. The molecule has 11 nitrogen and oxygen atoms in total. The van der Waals surface area contributed by atoms with Gasteiger partial charge in [0.2, 0.25) is 0 Å². The Bertz CT molecular complexity index is 1250. The Morgan fingerprint density at radius 2 is 1.35 bits per heavy atom. The van der Waals surface area contributed by atoms with Crippen LogP contribution in [0.15, 0.2) is 0 Å². The zero-order valence-corrected chi connectivity index (χ0v) is 34.2. The first-order chi connectivity index (χ1) is 26.2. The Labute approximate surface area is 325 Å². The number of unbranched alkanes of at least 4 members (excludes halogenated alkanes) is 15. The van der Waals surface area contributed by atoms with E-state index in [1.54, 1.807) is 14.0 Å². The van der Waals surface area contributed by atoms with Crippen molar-refractivity contribution >= 4 is 23.6 Å². The van der Waals surface area contributed by atoms with Crippen molar-refractivity contribution in [3.8, 4) is 0 Å². The molecule has 0 radical (unpaired) electrons. The van der Waals surface area contributed by atoms with Crippen LogP contribution < -0.4 is 5.32 Å². The van der Waals surface area contributed by atoms with Crippen molar-refractivity contribution in [2.24, 2.45) is 23.2 Å². The average molecular weight is 759 g/mol. The molecule has 0 bridgehead atoms. The molecule has 308 valence electrons. The number of carbonyl (C=O) groups is 4. The van der Waals surface area contributed by atoms with Gasteiger partial charge in [0, 0.05) is 26.5 Å². The fourth-order valence-corrected chi connectivity index (χ4v) is 8.78. The van der Waals surface area contributed by atoms with E-state index in [2.05, 4.69) is 22.6 Å². The highest BCUT2D eigenvalue weighted by Gasteiger charge is 2.50. The monoisotopic (exact) mass is 759 g/mol. The van der Waals surface area contributed by atoms with Crippen LogP contribution in [-0.2, 0) is 43.2 Å². The second kappa shape index (κ2) is 26.1. The van der Waals surface area contributed by atoms with Crippen molar-refractivity contribution in [2.75, 3.05) is 26.9 Å². The number of carboxylic acid groups (broad SMARTS) is 1. The summed E-state index contributed by atoms with van der Waals surface area (Å²) in [5.41, 5.74) is 1.37. The van der Waals surface area contributed by atoms with Crippen LogP contribution in [0.1, 0.15) is 179 Å². The number of nitrogens with one attached hydrogen (secondary N) is 1. The molecule has 0 spiro atoms. The Morgan fingerprint density at radius 3 is 1.93 bits per heavy atom. The molecule has 1 aromatic rings. The van der Waals surface area contributed by atoms with E-state index in [4.69, 9.17) is 14.6 Å². The number of hydrogen-bond acceptors (Lipinski definition) is 8. The number of alkyl carbamates (subject to hydrolysis) is 1. The number of aryl methyl sites for hydroxylation is 1. The molecule has 1 amide bonds. The molecule has 2 aliphatic carbocycles. The standard InChI is InChI=1S/C43H74N4O7/c1-4-5-6-7-8-10-13-16-19-28-43(34(2)48,29-20-17-14-11-9-12-15-18-23-41(50)51)40(49)22-21-31-53-32-30-47-39-27-25-36-35(24-26-38(39)45-46-47)37(36)33-54-42(52)44-3/h35-37H,4-33H2,1-3H3,(H,44,52)(H,50,51)/t35-,36+,37-,43?/m1/s1. The third kappa shape index (κ3) is 16.1. The number of nitrogens with zero attached hydrogens (tertiary/aromatic N) is 3. The number of carboxylic acids is 1. The van der Waals surface area contributed by atoms with E-state index in [0.29, 0.717) is 69.8 Å². The summed E-state index contributed by atoms with van der Waals surface area (Å²) in [5.74, 6) is 0.995. The van der Waals surface area contributed by atoms with Crippen LogP contribution in [0.5, 0.6) is 0 Å². The Kier molecular flexibility index (Phi) is 22.0. The number of aromatic nitrogens is 3. The minimum atomic E-state index is -0.886. The van der Waals surface area contributed by atoms with Gasteiger partial charge in [-0.25, -0.2) is 9.48 Å².